The number of likely N-dealkylation sites (N-methyl/N-ethyl adjacent to an activating group) is 1. The van der Waals surface area contributed by atoms with E-state index >= 15 is 0 Å². The lowest BCUT2D eigenvalue weighted by Gasteiger charge is -2.42. The Morgan fingerprint density at radius 3 is 2.35 bits per heavy atom. The van der Waals surface area contributed by atoms with Crippen molar-refractivity contribution in [1.29, 1.82) is 0 Å². The van der Waals surface area contributed by atoms with Gasteiger partial charge in [-0.2, -0.15) is 4.98 Å². The van der Waals surface area contributed by atoms with Gasteiger partial charge in [0, 0.05) is 67.5 Å². The lowest BCUT2D eigenvalue weighted by molar-refractivity contribution is 0.0982. The van der Waals surface area contributed by atoms with Crippen molar-refractivity contribution in [2.24, 2.45) is 0 Å². The Bertz CT molecular complexity index is 1800. The number of hydrogen-bond acceptors (Lipinski definition) is 10. The number of nitrogens with zero attached hydrogens (tertiary/aromatic N) is 5. The fraction of sp³-hybridized carbons (Fsp3) is 0.412. The molecule has 6 rings (SSSR count). The molecule has 2 fully saturated rings. The molecule has 12 heteroatoms. The zero-order chi connectivity index (χ0) is 32.4. The Labute approximate surface area is 276 Å². The van der Waals surface area contributed by atoms with E-state index in [2.05, 4.69) is 44.5 Å². The number of nitrogens with one attached hydrogen (secondary N) is 2. The maximum absolute atomic E-state index is 13.2. The van der Waals surface area contributed by atoms with E-state index in [0.29, 0.717) is 39.8 Å². The summed E-state index contributed by atoms with van der Waals surface area (Å²) in [6, 6.07) is 19.1. The van der Waals surface area contributed by atoms with Gasteiger partial charge < -0.3 is 25.2 Å². The molecule has 0 saturated carbocycles. The summed E-state index contributed by atoms with van der Waals surface area (Å²) >= 11 is 6.32. The van der Waals surface area contributed by atoms with Crippen molar-refractivity contribution in [3.05, 3.63) is 65.7 Å². The van der Waals surface area contributed by atoms with Crippen molar-refractivity contribution in [3.63, 3.8) is 0 Å². The third-order valence-electron chi connectivity index (χ3n) is 9.04. The highest BCUT2D eigenvalue weighted by atomic mass is 35.5. The maximum atomic E-state index is 13.2. The molecule has 0 radical (unpaired) electrons. The number of halogens is 1. The van der Waals surface area contributed by atoms with Crippen molar-refractivity contribution < 1.29 is 13.2 Å². The van der Waals surface area contributed by atoms with Crippen LogP contribution in [-0.2, 0) is 9.84 Å². The molecule has 0 bridgehead atoms. The Kier molecular flexibility index (Phi) is 9.56. The monoisotopic (exact) mass is 663 g/mol. The number of sulfone groups is 1. The van der Waals surface area contributed by atoms with Gasteiger partial charge in [-0.3, -0.25) is 4.90 Å². The molecule has 10 nitrogen and oxygen atoms in total. The van der Waals surface area contributed by atoms with Crippen LogP contribution in [0.1, 0.15) is 26.7 Å². The summed E-state index contributed by atoms with van der Waals surface area (Å²) in [5, 5.41) is 7.14. The van der Waals surface area contributed by atoms with Crippen LogP contribution in [0.2, 0.25) is 5.02 Å². The highest BCUT2D eigenvalue weighted by Gasteiger charge is 2.27. The molecule has 3 heterocycles. The molecule has 1 aromatic heterocycles. The van der Waals surface area contributed by atoms with Crippen LogP contribution in [0.15, 0.2) is 65.6 Å². The van der Waals surface area contributed by atoms with Gasteiger partial charge in [0.1, 0.15) is 11.6 Å². The summed E-state index contributed by atoms with van der Waals surface area (Å²) in [4.78, 5) is 17.2. The fourth-order valence-electron chi connectivity index (χ4n) is 6.23. The summed E-state index contributed by atoms with van der Waals surface area (Å²) < 4.78 is 32.2. The number of hydrogen-bond donors (Lipinski definition) is 2. The number of methoxy groups -OCH3 is 1. The number of fused-ring (bicyclic) bond motifs is 1. The number of rotatable bonds is 9. The largest absolute Gasteiger partial charge is 0.494 e. The number of para-hydroxylation sites is 1. The van der Waals surface area contributed by atoms with Gasteiger partial charge in [0.25, 0.3) is 0 Å². The Balaban J connectivity index is 1.24. The molecule has 4 aromatic rings. The van der Waals surface area contributed by atoms with Gasteiger partial charge in [0.05, 0.1) is 34.1 Å². The van der Waals surface area contributed by atoms with Crippen LogP contribution >= 0.6 is 11.6 Å². The van der Waals surface area contributed by atoms with E-state index < -0.39 is 15.1 Å². The lowest BCUT2D eigenvalue weighted by Crippen LogP contribution is -2.52. The highest BCUT2D eigenvalue weighted by molar-refractivity contribution is 7.92. The molecular formula is C34H42ClN7O3S. The molecule has 0 aliphatic carbocycles. The van der Waals surface area contributed by atoms with Crippen LogP contribution in [0.5, 0.6) is 5.75 Å². The van der Waals surface area contributed by atoms with Gasteiger partial charge in [0.15, 0.2) is 9.84 Å². The quantitative estimate of drug-likeness (QED) is 0.216. The normalized spacial score (nSPS) is 17.0. The number of anilines is 5. The molecule has 0 amide bonds. The minimum absolute atomic E-state index is 0.161. The molecule has 2 aliphatic heterocycles. The van der Waals surface area contributed by atoms with Crippen LogP contribution in [0.25, 0.3) is 10.9 Å². The van der Waals surface area contributed by atoms with E-state index in [0.717, 1.165) is 68.9 Å². The zero-order valence-electron chi connectivity index (χ0n) is 26.8. The van der Waals surface area contributed by atoms with Gasteiger partial charge in [-0.25, -0.2) is 13.4 Å². The van der Waals surface area contributed by atoms with Gasteiger partial charge in [-0.1, -0.05) is 23.7 Å². The molecule has 0 spiro atoms. The number of ether oxygens (including phenoxy) is 1. The number of benzene rings is 3. The summed E-state index contributed by atoms with van der Waals surface area (Å²) in [6.45, 7) is 9.93. The first-order valence-corrected chi connectivity index (χ1v) is 17.7. The SMILES string of the molecule is COc1cc(N2CCC(N3CCN(C)CC3)CC2)ccc1Nc1nc(Nc2cc(Cl)ccc2S(=O)(=O)C(C)C)c2ccccc2n1. The molecule has 244 valence electrons. The first-order chi connectivity index (χ1) is 22.1. The Hall–Kier alpha value is -3.64. The molecule has 0 atom stereocenters. The molecule has 46 heavy (non-hydrogen) atoms. The summed E-state index contributed by atoms with van der Waals surface area (Å²) in [5.41, 5.74) is 2.90. The van der Waals surface area contributed by atoms with Gasteiger partial charge in [0.2, 0.25) is 5.95 Å². The van der Waals surface area contributed by atoms with E-state index in [1.165, 1.54) is 6.07 Å². The van der Waals surface area contributed by atoms with E-state index in [4.69, 9.17) is 26.3 Å². The van der Waals surface area contributed by atoms with Crippen molar-refractivity contribution in [1.82, 2.24) is 19.8 Å². The topological polar surface area (TPSA) is 103 Å². The van der Waals surface area contributed by atoms with Crippen molar-refractivity contribution in [2.45, 2.75) is 42.9 Å². The van der Waals surface area contributed by atoms with Crippen molar-refractivity contribution in [2.75, 3.05) is 69.0 Å². The van der Waals surface area contributed by atoms with Gasteiger partial charge in [-0.05, 0) is 76.2 Å². The Morgan fingerprint density at radius 1 is 0.891 bits per heavy atom. The number of piperidine rings is 1. The first-order valence-electron chi connectivity index (χ1n) is 15.8. The smallest absolute Gasteiger partial charge is 0.229 e. The van der Waals surface area contributed by atoms with Gasteiger partial charge in [-0.15, -0.1) is 0 Å². The molecule has 3 aromatic carbocycles. The summed E-state index contributed by atoms with van der Waals surface area (Å²) in [6.07, 6.45) is 2.30. The van der Waals surface area contributed by atoms with Crippen LogP contribution in [0.3, 0.4) is 0 Å². The third-order valence-corrected chi connectivity index (χ3v) is 11.5. The molecule has 2 saturated heterocycles. The minimum Gasteiger partial charge on any atom is -0.494 e. The molecule has 0 unspecified atom stereocenters. The number of aromatic nitrogens is 2. The van der Waals surface area contributed by atoms with Crippen LogP contribution < -0.4 is 20.3 Å². The molecular weight excluding hydrogens is 622 g/mol. The van der Waals surface area contributed by atoms with E-state index in [-0.39, 0.29) is 4.90 Å². The zero-order valence-corrected chi connectivity index (χ0v) is 28.4. The van der Waals surface area contributed by atoms with E-state index in [9.17, 15) is 8.42 Å². The highest BCUT2D eigenvalue weighted by Crippen LogP contribution is 2.36. The predicted molar refractivity (Wildman–Crippen MR) is 187 cm³/mol. The summed E-state index contributed by atoms with van der Waals surface area (Å²) in [5.74, 6) is 1.48. The second kappa shape index (κ2) is 13.6. The van der Waals surface area contributed by atoms with Crippen LogP contribution in [-0.4, -0.2) is 92.9 Å². The van der Waals surface area contributed by atoms with E-state index in [1.807, 2.05) is 30.3 Å². The minimum atomic E-state index is -3.59. The Morgan fingerprint density at radius 2 is 1.63 bits per heavy atom. The lowest BCUT2D eigenvalue weighted by atomic mass is 10.0. The van der Waals surface area contributed by atoms with Crippen LogP contribution in [0.4, 0.5) is 28.8 Å². The fourth-order valence-corrected chi connectivity index (χ4v) is 7.59. The van der Waals surface area contributed by atoms with E-state index in [1.54, 1.807) is 33.1 Å². The van der Waals surface area contributed by atoms with Crippen molar-refractivity contribution in [3.8, 4) is 5.75 Å². The summed E-state index contributed by atoms with van der Waals surface area (Å²) in [7, 11) is 0.267. The standard InChI is InChI=1S/C34H42ClN7O3S/c1-23(2)46(43,44)32-12-9-24(35)21-30(32)36-33-27-7-5-6-8-28(27)37-34(39-33)38-29-11-10-26(22-31(29)45-4)41-15-13-25(14-16-41)42-19-17-40(3)18-20-42/h5-12,21-23,25H,13-20H2,1-4H3,(H2,36,37,38,39). The predicted octanol–water partition coefficient (Wildman–Crippen LogP) is 6.18. The first kappa shape index (κ1) is 32.3. The number of piperazine rings is 1. The third kappa shape index (κ3) is 6.88. The van der Waals surface area contributed by atoms with Crippen LogP contribution in [0, 0.1) is 0 Å². The second-order valence-corrected chi connectivity index (χ2v) is 15.2. The van der Waals surface area contributed by atoms with Gasteiger partial charge >= 0.3 is 0 Å². The average molecular weight is 664 g/mol. The van der Waals surface area contributed by atoms with Crippen molar-refractivity contribution >= 4 is 61.2 Å². The second-order valence-electron chi connectivity index (χ2n) is 12.3. The molecule has 2 aliphatic rings. The average Bonchev–Trinajstić information content (AvgIpc) is 3.05. The maximum Gasteiger partial charge on any atom is 0.229 e. The molecule has 2 N–H and O–H groups in total.